The molecule has 7 heteroatoms. The number of carbonyl (C=O) groups excluding carboxylic acids is 1. The van der Waals surface area contributed by atoms with Gasteiger partial charge in [-0.1, -0.05) is 12.1 Å². The molecule has 2 aromatic rings. The van der Waals surface area contributed by atoms with E-state index in [2.05, 4.69) is 11.4 Å². The van der Waals surface area contributed by atoms with E-state index in [1.165, 1.54) is 23.5 Å². The average Bonchev–Trinajstić information content (AvgIpc) is 2.81. The minimum atomic E-state index is -3.32. The first-order valence-electron chi connectivity index (χ1n) is 7.79. The summed E-state index contributed by atoms with van der Waals surface area (Å²) in [4.78, 5) is 13.5. The first kappa shape index (κ1) is 19.2. The van der Waals surface area contributed by atoms with Crippen LogP contribution in [0.25, 0.3) is 0 Å². The Morgan fingerprint density at radius 2 is 1.84 bits per heavy atom. The quantitative estimate of drug-likeness (QED) is 0.864. The third-order valence-electron chi connectivity index (χ3n) is 3.99. The summed E-state index contributed by atoms with van der Waals surface area (Å²) in [6.45, 7) is 7.03. The highest BCUT2D eigenvalue weighted by atomic mass is 32.2. The van der Waals surface area contributed by atoms with Gasteiger partial charge in [-0.15, -0.1) is 11.3 Å². The summed E-state index contributed by atoms with van der Waals surface area (Å²) >= 11 is 1.38. The number of sulfone groups is 1. The van der Waals surface area contributed by atoms with Gasteiger partial charge in [-0.3, -0.25) is 4.79 Å². The van der Waals surface area contributed by atoms with Crippen molar-refractivity contribution in [3.05, 3.63) is 45.8 Å². The Bertz CT molecular complexity index is 934. The van der Waals surface area contributed by atoms with E-state index in [1.54, 1.807) is 26.0 Å². The minimum absolute atomic E-state index is 0.114. The summed E-state index contributed by atoms with van der Waals surface area (Å²) in [6, 6.07) is 8.46. The number of nitriles is 1. The second kappa shape index (κ2) is 7.38. The van der Waals surface area contributed by atoms with Gasteiger partial charge in [0.2, 0.25) is 5.91 Å². The maximum Gasteiger partial charge on any atom is 0.229 e. The van der Waals surface area contributed by atoms with E-state index in [0.29, 0.717) is 16.1 Å². The normalized spacial score (nSPS) is 11.4. The van der Waals surface area contributed by atoms with Crippen molar-refractivity contribution in [2.45, 2.75) is 44.3 Å². The molecule has 0 bridgehead atoms. The first-order valence-corrected chi connectivity index (χ1v) is 10.2. The number of thiophene rings is 1. The van der Waals surface area contributed by atoms with Crippen molar-refractivity contribution in [2.75, 3.05) is 5.32 Å². The lowest BCUT2D eigenvalue weighted by Crippen LogP contribution is -2.15. The lowest BCUT2D eigenvalue weighted by atomic mass is 10.1. The molecule has 1 aromatic carbocycles. The molecule has 0 fully saturated rings. The SMILES string of the molecule is Cc1sc(NC(=O)Cc2ccc(S(=O)(=O)C(C)C)cc2)c(C#N)c1C. The summed E-state index contributed by atoms with van der Waals surface area (Å²) in [5, 5.41) is 12.1. The monoisotopic (exact) mass is 376 g/mol. The third kappa shape index (κ3) is 4.09. The Balaban J connectivity index is 2.12. The van der Waals surface area contributed by atoms with Crippen LogP contribution in [-0.2, 0) is 21.1 Å². The molecule has 2 rings (SSSR count). The van der Waals surface area contributed by atoms with Crippen LogP contribution in [0, 0.1) is 25.2 Å². The maximum absolute atomic E-state index is 12.2. The van der Waals surface area contributed by atoms with E-state index >= 15 is 0 Å². The number of amides is 1. The van der Waals surface area contributed by atoms with Gasteiger partial charge in [0, 0.05) is 4.88 Å². The number of nitrogens with zero attached hydrogens (tertiary/aromatic N) is 1. The smallest absolute Gasteiger partial charge is 0.229 e. The average molecular weight is 377 g/mol. The first-order chi connectivity index (χ1) is 11.7. The largest absolute Gasteiger partial charge is 0.316 e. The number of nitrogens with one attached hydrogen (secondary N) is 1. The van der Waals surface area contributed by atoms with Crippen molar-refractivity contribution in [3.63, 3.8) is 0 Å². The van der Waals surface area contributed by atoms with Crippen LogP contribution >= 0.6 is 11.3 Å². The van der Waals surface area contributed by atoms with E-state index in [9.17, 15) is 18.5 Å². The fourth-order valence-electron chi connectivity index (χ4n) is 2.28. The topological polar surface area (TPSA) is 87.0 Å². The van der Waals surface area contributed by atoms with Crippen molar-refractivity contribution in [1.82, 2.24) is 0 Å². The number of rotatable bonds is 5. The number of carbonyl (C=O) groups is 1. The van der Waals surface area contributed by atoms with Gasteiger partial charge in [0.1, 0.15) is 11.1 Å². The van der Waals surface area contributed by atoms with Crippen LogP contribution in [0.5, 0.6) is 0 Å². The standard InChI is InChI=1S/C18H20N2O3S2/c1-11(2)25(22,23)15-7-5-14(6-8-15)9-17(21)20-18-16(10-19)12(3)13(4)24-18/h5-8,11H,9H2,1-4H3,(H,20,21). The van der Waals surface area contributed by atoms with Crippen molar-refractivity contribution in [3.8, 4) is 6.07 Å². The molecule has 132 valence electrons. The molecule has 25 heavy (non-hydrogen) atoms. The van der Waals surface area contributed by atoms with E-state index in [-0.39, 0.29) is 17.2 Å². The van der Waals surface area contributed by atoms with E-state index in [1.807, 2.05) is 13.8 Å². The molecule has 0 radical (unpaired) electrons. The molecule has 0 atom stereocenters. The van der Waals surface area contributed by atoms with E-state index in [4.69, 9.17) is 0 Å². The van der Waals surface area contributed by atoms with Gasteiger partial charge in [0.05, 0.1) is 22.1 Å². The summed E-state index contributed by atoms with van der Waals surface area (Å²) in [5.41, 5.74) is 2.09. The van der Waals surface area contributed by atoms with Crippen LogP contribution in [0.4, 0.5) is 5.00 Å². The number of benzene rings is 1. The lowest BCUT2D eigenvalue weighted by molar-refractivity contribution is -0.115. The van der Waals surface area contributed by atoms with Crippen molar-refractivity contribution >= 4 is 32.1 Å². The molecule has 0 spiro atoms. The zero-order chi connectivity index (χ0) is 18.8. The van der Waals surface area contributed by atoms with Crippen LogP contribution in [-0.4, -0.2) is 19.6 Å². The summed E-state index contributed by atoms with van der Waals surface area (Å²) < 4.78 is 24.2. The van der Waals surface area contributed by atoms with E-state index < -0.39 is 15.1 Å². The summed E-state index contributed by atoms with van der Waals surface area (Å²) in [7, 11) is -3.32. The molecule has 1 aromatic heterocycles. The molecular weight excluding hydrogens is 356 g/mol. The molecule has 0 unspecified atom stereocenters. The van der Waals surface area contributed by atoms with E-state index in [0.717, 1.165) is 10.4 Å². The summed E-state index contributed by atoms with van der Waals surface area (Å²) in [6.07, 6.45) is 0.114. The molecule has 5 nitrogen and oxygen atoms in total. The Morgan fingerprint density at radius 1 is 1.24 bits per heavy atom. The second-order valence-corrected chi connectivity index (χ2v) is 9.79. The van der Waals surface area contributed by atoms with Gasteiger partial charge in [-0.05, 0) is 51.0 Å². The minimum Gasteiger partial charge on any atom is -0.316 e. The highest BCUT2D eigenvalue weighted by Crippen LogP contribution is 2.31. The van der Waals surface area contributed by atoms with Crippen LogP contribution in [0.2, 0.25) is 0 Å². The third-order valence-corrected chi connectivity index (χ3v) is 7.28. The van der Waals surface area contributed by atoms with Gasteiger partial charge in [-0.25, -0.2) is 8.42 Å². The Hall–Kier alpha value is -2.17. The van der Waals surface area contributed by atoms with Gasteiger partial charge in [-0.2, -0.15) is 5.26 Å². The number of hydrogen-bond acceptors (Lipinski definition) is 5. The predicted octanol–water partition coefficient (Wildman–Crippen LogP) is 3.60. The molecule has 1 heterocycles. The Kier molecular flexibility index (Phi) is 5.65. The second-order valence-electron chi connectivity index (χ2n) is 6.06. The Morgan fingerprint density at radius 3 is 2.36 bits per heavy atom. The molecular formula is C18H20N2O3S2. The van der Waals surface area contributed by atoms with Crippen LogP contribution < -0.4 is 5.32 Å². The fourth-order valence-corrected chi connectivity index (χ4v) is 4.36. The zero-order valence-electron chi connectivity index (χ0n) is 14.6. The van der Waals surface area contributed by atoms with Crippen LogP contribution in [0.1, 0.15) is 35.4 Å². The van der Waals surface area contributed by atoms with Crippen molar-refractivity contribution in [2.24, 2.45) is 0 Å². The summed E-state index contributed by atoms with van der Waals surface area (Å²) in [5.74, 6) is -0.239. The molecule has 1 N–H and O–H groups in total. The lowest BCUT2D eigenvalue weighted by Gasteiger charge is -2.09. The van der Waals surface area contributed by atoms with Crippen molar-refractivity contribution in [1.29, 1.82) is 5.26 Å². The maximum atomic E-state index is 12.2. The molecule has 1 amide bonds. The molecule has 0 saturated carbocycles. The zero-order valence-corrected chi connectivity index (χ0v) is 16.2. The van der Waals surface area contributed by atoms with Gasteiger partial charge in [0.25, 0.3) is 0 Å². The number of aryl methyl sites for hydroxylation is 1. The van der Waals surface area contributed by atoms with Gasteiger partial charge < -0.3 is 5.32 Å². The molecule has 0 aliphatic heterocycles. The highest BCUT2D eigenvalue weighted by Gasteiger charge is 2.19. The number of anilines is 1. The fraction of sp³-hybridized carbons (Fsp3) is 0.333. The van der Waals surface area contributed by atoms with Gasteiger partial charge in [0.15, 0.2) is 9.84 Å². The molecule has 0 aliphatic rings. The van der Waals surface area contributed by atoms with Crippen LogP contribution in [0.3, 0.4) is 0 Å². The molecule has 0 aliphatic carbocycles. The number of hydrogen-bond donors (Lipinski definition) is 1. The molecule has 0 saturated heterocycles. The predicted molar refractivity (Wildman–Crippen MR) is 99.6 cm³/mol. The highest BCUT2D eigenvalue weighted by molar-refractivity contribution is 7.92. The van der Waals surface area contributed by atoms with Gasteiger partial charge >= 0.3 is 0 Å². The van der Waals surface area contributed by atoms with Crippen molar-refractivity contribution < 1.29 is 13.2 Å². The van der Waals surface area contributed by atoms with Crippen LogP contribution in [0.15, 0.2) is 29.2 Å². The Labute approximate surface area is 152 Å².